The SMILES string of the molecule is N#Cc1cccc([C@]23CCC(N(CCN4CCC[C@H]4CO)C(=O)Nc4ccc(F)c(Cl)c4)CC2C3)c1. The highest BCUT2D eigenvalue weighted by atomic mass is 35.5. The molecule has 1 saturated heterocycles. The number of halogens is 2. The fourth-order valence-corrected chi connectivity index (χ4v) is 6.58. The Balaban J connectivity index is 1.31. The molecule has 0 aromatic heterocycles. The Bertz CT molecular complexity index is 1170. The van der Waals surface area contributed by atoms with Crippen molar-refractivity contribution >= 4 is 23.3 Å². The third kappa shape index (κ3) is 4.95. The zero-order valence-corrected chi connectivity index (χ0v) is 21.1. The Morgan fingerprint density at radius 2 is 2.17 bits per heavy atom. The highest BCUT2D eigenvalue weighted by Gasteiger charge is 2.58. The van der Waals surface area contributed by atoms with E-state index in [1.807, 2.05) is 23.1 Å². The molecule has 2 unspecified atom stereocenters. The molecule has 1 heterocycles. The second-order valence-electron chi connectivity index (χ2n) is 10.4. The van der Waals surface area contributed by atoms with Gasteiger partial charge in [-0.15, -0.1) is 0 Å². The predicted molar refractivity (Wildman–Crippen MR) is 137 cm³/mol. The van der Waals surface area contributed by atoms with Gasteiger partial charge in [-0.2, -0.15) is 5.26 Å². The Hall–Kier alpha value is -2.66. The number of rotatable bonds is 7. The van der Waals surface area contributed by atoms with Gasteiger partial charge in [0.2, 0.25) is 0 Å². The predicted octanol–water partition coefficient (Wildman–Crippen LogP) is 5.15. The Labute approximate surface area is 216 Å². The number of aliphatic hydroxyl groups excluding tert-OH is 1. The molecule has 190 valence electrons. The Kier molecular flexibility index (Phi) is 7.21. The molecule has 0 spiro atoms. The van der Waals surface area contributed by atoms with E-state index in [9.17, 15) is 19.6 Å². The normalized spacial score (nSPS) is 27.2. The summed E-state index contributed by atoms with van der Waals surface area (Å²) in [6, 6.07) is 14.5. The summed E-state index contributed by atoms with van der Waals surface area (Å²) in [6.45, 7) is 2.33. The molecule has 0 bridgehead atoms. The van der Waals surface area contributed by atoms with E-state index in [0.29, 0.717) is 30.3 Å². The van der Waals surface area contributed by atoms with E-state index in [1.165, 1.54) is 23.8 Å². The van der Waals surface area contributed by atoms with Gasteiger partial charge in [-0.05, 0) is 92.3 Å². The first-order valence-corrected chi connectivity index (χ1v) is 13.2. The number of nitrogens with zero attached hydrogens (tertiary/aromatic N) is 3. The molecule has 2 saturated carbocycles. The maximum Gasteiger partial charge on any atom is 0.322 e. The van der Waals surface area contributed by atoms with Gasteiger partial charge in [0.1, 0.15) is 5.82 Å². The minimum absolute atomic E-state index is 0.0257. The van der Waals surface area contributed by atoms with Gasteiger partial charge >= 0.3 is 6.03 Å². The summed E-state index contributed by atoms with van der Waals surface area (Å²) in [5.41, 5.74) is 2.52. The number of hydrogen-bond donors (Lipinski definition) is 2. The van der Waals surface area contributed by atoms with Crippen molar-refractivity contribution in [3.63, 3.8) is 0 Å². The number of nitriles is 1. The van der Waals surface area contributed by atoms with E-state index >= 15 is 0 Å². The first-order valence-electron chi connectivity index (χ1n) is 12.8. The second kappa shape index (κ2) is 10.4. The summed E-state index contributed by atoms with van der Waals surface area (Å²) >= 11 is 5.93. The number of carbonyl (C=O) groups excluding carboxylic acids is 1. The molecule has 2 aromatic carbocycles. The number of anilines is 1. The molecule has 3 aliphatic rings. The van der Waals surface area contributed by atoms with Crippen LogP contribution in [0.2, 0.25) is 5.02 Å². The number of fused-ring (bicyclic) bond motifs is 1. The number of amides is 2. The summed E-state index contributed by atoms with van der Waals surface area (Å²) in [5, 5.41) is 21.9. The van der Waals surface area contributed by atoms with Crippen LogP contribution in [-0.4, -0.2) is 59.3 Å². The van der Waals surface area contributed by atoms with Crippen LogP contribution in [-0.2, 0) is 5.41 Å². The smallest absolute Gasteiger partial charge is 0.322 e. The average Bonchev–Trinajstić information content (AvgIpc) is 3.46. The fraction of sp³-hybridized carbons (Fsp3) is 0.500. The van der Waals surface area contributed by atoms with Crippen LogP contribution in [0.15, 0.2) is 42.5 Å². The average molecular weight is 511 g/mol. The van der Waals surface area contributed by atoms with Crippen molar-refractivity contribution in [1.82, 2.24) is 9.80 Å². The van der Waals surface area contributed by atoms with Crippen LogP contribution in [0, 0.1) is 23.1 Å². The van der Waals surface area contributed by atoms with Crippen LogP contribution in [0.25, 0.3) is 0 Å². The molecule has 3 fully saturated rings. The van der Waals surface area contributed by atoms with Crippen molar-refractivity contribution in [3.8, 4) is 6.07 Å². The zero-order valence-electron chi connectivity index (χ0n) is 20.3. The number of hydrogen-bond acceptors (Lipinski definition) is 4. The van der Waals surface area contributed by atoms with Crippen LogP contribution in [0.5, 0.6) is 0 Å². The molecule has 36 heavy (non-hydrogen) atoms. The van der Waals surface area contributed by atoms with E-state index < -0.39 is 5.82 Å². The molecular formula is C28H32ClFN4O2. The van der Waals surface area contributed by atoms with Gasteiger partial charge in [0.15, 0.2) is 0 Å². The van der Waals surface area contributed by atoms with Crippen molar-refractivity contribution in [3.05, 3.63) is 64.4 Å². The fourth-order valence-electron chi connectivity index (χ4n) is 6.40. The van der Waals surface area contributed by atoms with E-state index in [0.717, 1.165) is 45.1 Å². The number of aliphatic hydroxyl groups is 1. The lowest BCUT2D eigenvalue weighted by atomic mass is 9.80. The van der Waals surface area contributed by atoms with Crippen LogP contribution in [0.1, 0.15) is 49.7 Å². The quantitative estimate of drug-likeness (QED) is 0.539. The molecule has 2 amide bonds. The van der Waals surface area contributed by atoms with E-state index in [4.69, 9.17) is 11.6 Å². The Morgan fingerprint density at radius 1 is 1.31 bits per heavy atom. The maximum absolute atomic E-state index is 13.6. The Morgan fingerprint density at radius 3 is 2.92 bits per heavy atom. The molecular weight excluding hydrogens is 479 g/mol. The summed E-state index contributed by atoms with van der Waals surface area (Å²) in [7, 11) is 0. The molecule has 5 rings (SSSR count). The van der Waals surface area contributed by atoms with Crippen molar-refractivity contribution < 1.29 is 14.3 Å². The van der Waals surface area contributed by atoms with Gasteiger partial charge in [-0.25, -0.2) is 9.18 Å². The molecule has 8 heteroatoms. The first kappa shape index (κ1) is 25.0. The van der Waals surface area contributed by atoms with Crippen molar-refractivity contribution in [1.29, 1.82) is 5.26 Å². The number of carbonyl (C=O) groups is 1. The first-order chi connectivity index (χ1) is 17.4. The van der Waals surface area contributed by atoms with E-state index in [2.05, 4.69) is 22.4 Å². The van der Waals surface area contributed by atoms with Gasteiger partial charge in [0.25, 0.3) is 0 Å². The number of likely N-dealkylation sites (tertiary alicyclic amines) is 1. The van der Waals surface area contributed by atoms with E-state index in [-0.39, 0.29) is 35.2 Å². The summed E-state index contributed by atoms with van der Waals surface area (Å²) in [6.07, 6.45) is 5.90. The van der Waals surface area contributed by atoms with E-state index in [1.54, 1.807) is 0 Å². The van der Waals surface area contributed by atoms with Gasteiger partial charge in [-0.1, -0.05) is 23.7 Å². The monoisotopic (exact) mass is 510 g/mol. The molecule has 0 radical (unpaired) electrons. The summed E-state index contributed by atoms with van der Waals surface area (Å²) < 4.78 is 13.6. The molecule has 6 nitrogen and oxygen atoms in total. The number of nitrogens with one attached hydrogen (secondary N) is 1. The molecule has 2 aromatic rings. The number of urea groups is 1. The lowest BCUT2D eigenvalue weighted by molar-refractivity contribution is 0.123. The highest BCUT2D eigenvalue weighted by Crippen LogP contribution is 2.62. The van der Waals surface area contributed by atoms with Gasteiger partial charge in [0, 0.05) is 30.9 Å². The largest absolute Gasteiger partial charge is 0.395 e. The lowest BCUT2D eigenvalue weighted by Crippen LogP contribution is -2.49. The zero-order chi connectivity index (χ0) is 25.3. The van der Waals surface area contributed by atoms with Crippen molar-refractivity contribution in [2.45, 2.75) is 56.0 Å². The van der Waals surface area contributed by atoms with Crippen molar-refractivity contribution in [2.24, 2.45) is 5.92 Å². The van der Waals surface area contributed by atoms with Gasteiger partial charge < -0.3 is 15.3 Å². The minimum atomic E-state index is -0.520. The molecule has 1 aliphatic heterocycles. The van der Waals surface area contributed by atoms with Crippen LogP contribution in [0.3, 0.4) is 0 Å². The van der Waals surface area contributed by atoms with Gasteiger partial charge in [0.05, 0.1) is 23.3 Å². The molecule has 2 N–H and O–H groups in total. The third-order valence-corrected chi connectivity index (χ3v) is 8.78. The second-order valence-corrected chi connectivity index (χ2v) is 10.9. The lowest BCUT2D eigenvalue weighted by Gasteiger charge is -2.38. The standard InChI is InChI=1S/C28H32ClFN4O2/c29-25-15-22(6-7-26(25)30)32-27(36)34(12-11-33-10-2-5-24(33)18-35)23-8-9-28(16-21(28)14-23)20-4-1-3-19(13-20)17-31/h1,3-4,6-7,13,15,21,23-24,35H,2,5,8-12,14,16,18H2,(H,32,36)/t21?,23?,24-,28+/m0/s1. The molecule has 4 atom stereocenters. The highest BCUT2D eigenvalue weighted by molar-refractivity contribution is 6.31. The van der Waals surface area contributed by atoms with Gasteiger partial charge in [-0.3, -0.25) is 4.90 Å². The van der Waals surface area contributed by atoms with Crippen LogP contribution in [0.4, 0.5) is 14.9 Å². The van der Waals surface area contributed by atoms with Crippen LogP contribution >= 0.6 is 11.6 Å². The number of benzene rings is 2. The minimum Gasteiger partial charge on any atom is -0.395 e. The third-order valence-electron chi connectivity index (χ3n) is 8.49. The van der Waals surface area contributed by atoms with Crippen LogP contribution < -0.4 is 5.32 Å². The maximum atomic E-state index is 13.6. The summed E-state index contributed by atoms with van der Waals surface area (Å²) in [5.74, 6) is -0.0360. The van der Waals surface area contributed by atoms with Crippen molar-refractivity contribution in [2.75, 3.05) is 31.6 Å². The molecule has 2 aliphatic carbocycles. The summed E-state index contributed by atoms with van der Waals surface area (Å²) in [4.78, 5) is 17.7. The topological polar surface area (TPSA) is 79.6 Å².